The van der Waals surface area contributed by atoms with Crippen molar-refractivity contribution in [3.63, 3.8) is 0 Å². The number of aliphatic imine (C=N–C) groups is 1. The van der Waals surface area contributed by atoms with E-state index < -0.39 is 5.72 Å². The molecule has 0 spiro atoms. The number of nitrogens with zero attached hydrogens (tertiary/aromatic N) is 2. The zero-order chi connectivity index (χ0) is 9.64. The number of fused-ring (bicyclic) bond motifs is 1. The maximum atomic E-state index is 5.55. The second kappa shape index (κ2) is 3.63. The summed E-state index contributed by atoms with van der Waals surface area (Å²) in [5.41, 5.74) is 1.73. The van der Waals surface area contributed by atoms with Gasteiger partial charge in [0.2, 0.25) is 0 Å². The van der Waals surface area contributed by atoms with E-state index in [0.29, 0.717) is 0 Å². The SMILES string of the molecule is CC1=[C-]N2OC(C)(C)N=C2C(C)=C1.[W+2]. The number of amidine groups is 1. The van der Waals surface area contributed by atoms with E-state index >= 15 is 0 Å². The van der Waals surface area contributed by atoms with Gasteiger partial charge in [0.15, 0.2) is 5.72 Å². The Morgan fingerprint density at radius 1 is 1.43 bits per heavy atom. The molecule has 3 nitrogen and oxygen atoms in total. The molecule has 0 unspecified atom stereocenters. The molecular weight excluding hydrogens is 348 g/mol. The maximum Gasteiger partial charge on any atom is 2.00 e. The first-order valence-corrected chi connectivity index (χ1v) is 4.36. The van der Waals surface area contributed by atoms with Gasteiger partial charge in [0, 0.05) is 5.84 Å². The predicted octanol–water partition coefficient (Wildman–Crippen LogP) is 2.03. The van der Waals surface area contributed by atoms with E-state index in [9.17, 15) is 0 Å². The molecule has 0 N–H and O–H groups in total. The zero-order valence-electron chi connectivity index (χ0n) is 8.79. The van der Waals surface area contributed by atoms with Crippen LogP contribution >= 0.6 is 0 Å². The third-order valence-corrected chi connectivity index (χ3v) is 1.95. The molecule has 4 heteroatoms. The summed E-state index contributed by atoms with van der Waals surface area (Å²) >= 11 is 0. The summed E-state index contributed by atoms with van der Waals surface area (Å²) in [5.74, 6) is 0.871. The molecule has 2 aliphatic heterocycles. The smallest absolute Gasteiger partial charge is 0.317 e. The summed E-state index contributed by atoms with van der Waals surface area (Å²) in [6.07, 6.45) is 5.14. The van der Waals surface area contributed by atoms with E-state index in [0.717, 1.165) is 17.0 Å². The second-order valence-corrected chi connectivity index (χ2v) is 3.89. The Hall–Kier alpha value is -0.402. The first-order chi connectivity index (χ1) is 5.98. The molecule has 2 aliphatic rings. The van der Waals surface area contributed by atoms with Gasteiger partial charge in [-0.2, -0.15) is 6.08 Å². The number of hydrogen-bond donors (Lipinski definition) is 0. The molecule has 0 aromatic rings. The van der Waals surface area contributed by atoms with Crippen LogP contribution in [0.25, 0.3) is 0 Å². The third-order valence-electron chi connectivity index (χ3n) is 1.95. The second-order valence-electron chi connectivity index (χ2n) is 3.89. The molecule has 0 aliphatic carbocycles. The molecule has 0 aromatic carbocycles. The quantitative estimate of drug-likeness (QED) is 0.617. The van der Waals surface area contributed by atoms with Crippen LogP contribution in [0.15, 0.2) is 22.2 Å². The van der Waals surface area contributed by atoms with Gasteiger partial charge in [-0.25, -0.2) is 0 Å². The number of rotatable bonds is 0. The van der Waals surface area contributed by atoms with Gasteiger partial charge in [-0.3, -0.25) is 9.83 Å². The minimum atomic E-state index is -0.456. The van der Waals surface area contributed by atoms with Crippen molar-refractivity contribution in [1.82, 2.24) is 5.06 Å². The van der Waals surface area contributed by atoms with Crippen LogP contribution in [0.1, 0.15) is 27.7 Å². The largest absolute Gasteiger partial charge is 2.00 e. The van der Waals surface area contributed by atoms with Crippen molar-refractivity contribution in [2.45, 2.75) is 33.4 Å². The summed E-state index contributed by atoms with van der Waals surface area (Å²) in [6.45, 7) is 7.89. The Labute approximate surface area is 98.7 Å². The molecule has 0 aromatic heterocycles. The van der Waals surface area contributed by atoms with Gasteiger partial charge in [-0.15, -0.1) is 11.1 Å². The van der Waals surface area contributed by atoms with Crippen molar-refractivity contribution in [2.24, 2.45) is 4.99 Å². The fraction of sp³-hybridized carbons (Fsp3) is 0.500. The first kappa shape index (κ1) is 11.7. The average molecular weight is 361 g/mol. The molecule has 2 rings (SSSR count). The normalized spacial score (nSPS) is 23.1. The van der Waals surface area contributed by atoms with Gasteiger partial charge >= 0.3 is 21.1 Å². The minimum Gasteiger partial charge on any atom is -0.317 e. The van der Waals surface area contributed by atoms with Gasteiger partial charge in [-0.1, -0.05) is 20.0 Å². The summed E-state index contributed by atoms with van der Waals surface area (Å²) < 4.78 is 0. The molecule has 74 valence electrons. The number of hydrogen-bond acceptors (Lipinski definition) is 3. The van der Waals surface area contributed by atoms with E-state index in [2.05, 4.69) is 17.3 Å². The van der Waals surface area contributed by atoms with Crippen molar-refractivity contribution < 1.29 is 25.9 Å². The third kappa shape index (κ3) is 1.99. The molecule has 0 amide bonds. The minimum absolute atomic E-state index is 0. The van der Waals surface area contributed by atoms with Gasteiger partial charge < -0.3 is 5.06 Å². The Kier molecular flexibility index (Phi) is 3.03. The molecule has 14 heavy (non-hydrogen) atoms. The molecule has 2 heterocycles. The van der Waals surface area contributed by atoms with Crippen LogP contribution in [0.4, 0.5) is 0 Å². The van der Waals surface area contributed by atoms with Crippen molar-refractivity contribution in [2.75, 3.05) is 0 Å². The standard InChI is InChI=1S/C10H13N2O.W/c1-7-5-8(2)9-11-10(3,4)13-12(9)6-7;/h5H,1-4H3;/q-1;+2. The van der Waals surface area contributed by atoms with E-state index in [-0.39, 0.29) is 21.1 Å². The fourth-order valence-corrected chi connectivity index (χ4v) is 1.49. The molecular formula is C10H13N2OW+. The monoisotopic (exact) mass is 361 g/mol. The zero-order valence-corrected chi connectivity index (χ0v) is 11.7. The van der Waals surface area contributed by atoms with Crippen LogP contribution in [0, 0.1) is 6.20 Å². The van der Waals surface area contributed by atoms with Crippen LogP contribution < -0.4 is 0 Å². The van der Waals surface area contributed by atoms with E-state index in [1.165, 1.54) is 0 Å². The molecule has 0 fully saturated rings. The Balaban J connectivity index is 0.000000980. The van der Waals surface area contributed by atoms with Gasteiger partial charge in [0.1, 0.15) is 0 Å². The van der Waals surface area contributed by atoms with Crippen LogP contribution in [-0.2, 0) is 25.9 Å². The number of allylic oxidation sites excluding steroid dienone is 2. The maximum absolute atomic E-state index is 5.55. The first-order valence-electron chi connectivity index (χ1n) is 4.36. The summed E-state index contributed by atoms with van der Waals surface area (Å²) in [7, 11) is 0. The summed E-state index contributed by atoms with van der Waals surface area (Å²) in [6, 6.07) is 0. The molecule has 0 saturated heterocycles. The van der Waals surface area contributed by atoms with Crippen LogP contribution in [-0.4, -0.2) is 16.6 Å². The Bertz CT molecular complexity index is 342. The van der Waals surface area contributed by atoms with Crippen molar-refractivity contribution >= 4 is 5.84 Å². The molecule has 0 radical (unpaired) electrons. The van der Waals surface area contributed by atoms with Crippen LogP contribution in [0.2, 0.25) is 0 Å². The van der Waals surface area contributed by atoms with E-state index in [1.807, 2.05) is 27.7 Å². The van der Waals surface area contributed by atoms with Crippen molar-refractivity contribution in [3.8, 4) is 0 Å². The van der Waals surface area contributed by atoms with Crippen molar-refractivity contribution in [3.05, 3.63) is 23.4 Å². The summed E-state index contributed by atoms with van der Waals surface area (Å²) in [4.78, 5) is 9.98. The van der Waals surface area contributed by atoms with Crippen LogP contribution in [0.3, 0.4) is 0 Å². The summed E-state index contributed by atoms with van der Waals surface area (Å²) in [5, 5.41) is 1.63. The van der Waals surface area contributed by atoms with E-state index in [1.54, 1.807) is 5.06 Å². The van der Waals surface area contributed by atoms with Crippen molar-refractivity contribution in [1.29, 1.82) is 0 Å². The van der Waals surface area contributed by atoms with Gasteiger partial charge in [0.25, 0.3) is 0 Å². The van der Waals surface area contributed by atoms with E-state index in [4.69, 9.17) is 4.84 Å². The number of hydroxylamine groups is 2. The topological polar surface area (TPSA) is 24.8 Å². The molecule has 0 bridgehead atoms. The predicted molar refractivity (Wildman–Crippen MR) is 50.6 cm³/mol. The Morgan fingerprint density at radius 2 is 2.07 bits per heavy atom. The van der Waals surface area contributed by atoms with Crippen LogP contribution in [0.5, 0.6) is 0 Å². The molecule has 0 atom stereocenters. The fourth-order valence-electron chi connectivity index (χ4n) is 1.49. The average Bonchev–Trinajstić information content (AvgIpc) is 2.23. The Morgan fingerprint density at radius 3 is 2.71 bits per heavy atom. The molecule has 0 saturated carbocycles. The van der Waals surface area contributed by atoms with Gasteiger partial charge in [-0.05, 0) is 13.8 Å². The van der Waals surface area contributed by atoms with Gasteiger partial charge in [0.05, 0.1) is 0 Å².